The molecule has 0 saturated carbocycles. The number of carbonyl (C=O) groups is 2. The van der Waals surface area contributed by atoms with Gasteiger partial charge in [0, 0.05) is 32.1 Å². The van der Waals surface area contributed by atoms with Gasteiger partial charge in [-0.3, -0.25) is 14.5 Å². The minimum atomic E-state index is -0.200. The van der Waals surface area contributed by atoms with Crippen LogP contribution in [0.4, 0.5) is 0 Å². The predicted octanol–water partition coefficient (Wildman–Crippen LogP) is 2.61. The Kier molecular flexibility index (Phi) is 5.79. The zero-order valence-electron chi connectivity index (χ0n) is 15.1. The molecule has 2 aliphatic heterocycles. The molecular weight excluding hydrogens is 368 g/mol. The smallest absolute Gasteiger partial charge is 0.266 e. The molecular formula is C19H22N2O3S2. The van der Waals surface area contributed by atoms with Crippen molar-refractivity contribution >= 4 is 40.1 Å². The average Bonchev–Trinajstić information content (AvgIpc) is 2.86. The van der Waals surface area contributed by atoms with E-state index in [4.69, 9.17) is 17.0 Å². The molecule has 2 aliphatic rings. The summed E-state index contributed by atoms with van der Waals surface area (Å²) in [5.41, 5.74) is 1.51. The summed E-state index contributed by atoms with van der Waals surface area (Å²) in [6, 6.07) is 9.72. The normalized spacial score (nSPS) is 25.7. The minimum Gasteiger partial charge on any atom is -0.372 e. The summed E-state index contributed by atoms with van der Waals surface area (Å²) in [4.78, 5) is 29.6. The number of carbonyl (C=O) groups excluding carboxylic acids is 2. The van der Waals surface area contributed by atoms with Gasteiger partial charge in [0.1, 0.15) is 4.32 Å². The van der Waals surface area contributed by atoms with Crippen LogP contribution in [-0.4, -0.2) is 58.3 Å². The van der Waals surface area contributed by atoms with Crippen molar-refractivity contribution in [2.75, 3.05) is 20.1 Å². The Morgan fingerprint density at radius 1 is 1.23 bits per heavy atom. The van der Waals surface area contributed by atoms with Crippen LogP contribution in [0.5, 0.6) is 0 Å². The molecule has 7 heteroatoms. The molecule has 1 aromatic rings. The van der Waals surface area contributed by atoms with Crippen LogP contribution in [0.15, 0.2) is 40.8 Å². The van der Waals surface area contributed by atoms with E-state index in [1.807, 2.05) is 44.2 Å². The lowest BCUT2D eigenvalue weighted by Crippen LogP contribution is -2.49. The van der Waals surface area contributed by atoms with Gasteiger partial charge < -0.3 is 9.64 Å². The second-order valence-corrected chi connectivity index (χ2v) is 8.31. The van der Waals surface area contributed by atoms with Crippen molar-refractivity contribution in [2.45, 2.75) is 32.5 Å². The quantitative estimate of drug-likeness (QED) is 0.587. The van der Waals surface area contributed by atoms with Gasteiger partial charge in [-0.1, -0.05) is 54.3 Å². The van der Waals surface area contributed by atoms with E-state index in [9.17, 15) is 9.59 Å². The van der Waals surface area contributed by atoms with E-state index < -0.39 is 0 Å². The maximum atomic E-state index is 13.3. The van der Waals surface area contributed by atoms with Crippen molar-refractivity contribution in [3.8, 4) is 0 Å². The van der Waals surface area contributed by atoms with Crippen LogP contribution in [0.3, 0.4) is 0 Å². The molecule has 1 aromatic carbocycles. The van der Waals surface area contributed by atoms with E-state index >= 15 is 0 Å². The molecule has 0 radical (unpaired) electrons. The number of hydrogen-bond acceptors (Lipinski definition) is 5. The van der Waals surface area contributed by atoms with Crippen molar-refractivity contribution in [3.05, 3.63) is 46.4 Å². The Balaban J connectivity index is 1.97. The molecule has 2 atom stereocenters. The van der Waals surface area contributed by atoms with Crippen molar-refractivity contribution in [1.82, 2.24) is 9.80 Å². The standard InChI is InChI=1S/C19H22N2O3S2/c1-12-10-21(11-13(2)24-12)17(22)15(9-14-7-5-4-6-8-14)16-18(23)20(3)19(25)26-16/h4-8,12-13H,9-11H2,1-3H3/b16-15+. The lowest BCUT2D eigenvalue weighted by atomic mass is 10.0. The van der Waals surface area contributed by atoms with Gasteiger partial charge in [0.25, 0.3) is 11.8 Å². The van der Waals surface area contributed by atoms with Crippen molar-refractivity contribution in [2.24, 2.45) is 0 Å². The van der Waals surface area contributed by atoms with Crippen LogP contribution in [0.2, 0.25) is 0 Å². The highest BCUT2D eigenvalue weighted by molar-refractivity contribution is 8.26. The fourth-order valence-corrected chi connectivity index (χ4v) is 4.45. The monoisotopic (exact) mass is 390 g/mol. The number of ether oxygens (including phenoxy) is 1. The van der Waals surface area contributed by atoms with Gasteiger partial charge >= 0.3 is 0 Å². The van der Waals surface area contributed by atoms with Crippen LogP contribution in [0, 0.1) is 0 Å². The van der Waals surface area contributed by atoms with Crippen LogP contribution < -0.4 is 0 Å². The second kappa shape index (κ2) is 7.90. The van der Waals surface area contributed by atoms with Crippen LogP contribution in [0.25, 0.3) is 0 Å². The molecule has 0 bridgehead atoms. The molecule has 138 valence electrons. The summed E-state index contributed by atoms with van der Waals surface area (Å²) >= 11 is 6.46. The summed E-state index contributed by atoms with van der Waals surface area (Å²) in [5.74, 6) is -0.307. The van der Waals surface area contributed by atoms with E-state index in [0.29, 0.717) is 34.3 Å². The topological polar surface area (TPSA) is 49.9 Å². The molecule has 0 aliphatic carbocycles. The van der Waals surface area contributed by atoms with Gasteiger partial charge in [-0.2, -0.15) is 0 Å². The van der Waals surface area contributed by atoms with Crippen LogP contribution in [0.1, 0.15) is 19.4 Å². The molecule has 2 fully saturated rings. The van der Waals surface area contributed by atoms with E-state index in [1.165, 1.54) is 16.7 Å². The van der Waals surface area contributed by atoms with E-state index in [-0.39, 0.29) is 24.0 Å². The highest BCUT2D eigenvalue weighted by Gasteiger charge is 2.36. The fraction of sp³-hybridized carbons (Fsp3) is 0.421. The SMILES string of the molecule is CC1CN(C(=O)/C(Cc2ccccc2)=C2/SC(=S)N(C)C2=O)CC(C)O1. The molecule has 3 rings (SSSR count). The maximum absolute atomic E-state index is 13.3. The Hall–Kier alpha value is -1.70. The zero-order valence-corrected chi connectivity index (χ0v) is 16.7. The third kappa shape index (κ3) is 4.00. The Labute approximate surface area is 163 Å². The van der Waals surface area contributed by atoms with E-state index in [0.717, 1.165) is 5.56 Å². The molecule has 2 heterocycles. The molecule has 2 unspecified atom stereocenters. The minimum absolute atomic E-state index is 0.0265. The van der Waals surface area contributed by atoms with Gasteiger partial charge in [-0.15, -0.1) is 0 Å². The number of hydrogen-bond donors (Lipinski definition) is 0. The van der Waals surface area contributed by atoms with Gasteiger partial charge in [0.2, 0.25) is 0 Å². The molecule has 0 aromatic heterocycles. The number of nitrogens with zero attached hydrogens (tertiary/aromatic N) is 2. The molecule has 5 nitrogen and oxygen atoms in total. The lowest BCUT2D eigenvalue weighted by Gasteiger charge is -2.36. The highest BCUT2D eigenvalue weighted by Crippen LogP contribution is 2.34. The van der Waals surface area contributed by atoms with Gasteiger partial charge in [0.05, 0.1) is 17.1 Å². The maximum Gasteiger partial charge on any atom is 0.266 e. The summed E-state index contributed by atoms with van der Waals surface area (Å²) in [5, 5.41) is 0. The van der Waals surface area contributed by atoms with E-state index in [2.05, 4.69) is 0 Å². The van der Waals surface area contributed by atoms with E-state index in [1.54, 1.807) is 11.9 Å². The number of amides is 2. The molecule has 26 heavy (non-hydrogen) atoms. The molecule has 0 spiro atoms. The molecule has 2 amide bonds. The first-order chi connectivity index (χ1) is 12.4. The summed E-state index contributed by atoms with van der Waals surface area (Å²) < 4.78 is 6.21. The third-order valence-electron chi connectivity index (χ3n) is 4.42. The number of likely N-dealkylation sites (N-methyl/N-ethyl adjacent to an activating group) is 1. The number of rotatable bonds is 3. The average molecular weight is 391 g/mol. The first kappa shape index (κ1) is 19.1. The predicted molar refractivity (Wildman–Crippen MR) is 107 cm³/mol. The first-order valence-electron chi connectivity index (χ1n) is 8.58. The van der Waals surface area contributed by atoms with Crippen molar-refractivity contribution in [1.29, 1.82) is 0 Å². The Morgan fingerprint density at radius 3 is 2.38 bits per heavy atom. The lowest BCUT2D eigenvalue weighted by molar-refractivity contribution is -0.139. The highest BCUT2D eigenvalue weighted by atomic mass is 32.2. The van der Waals surface area contributed by atoms with Gasteiger partial charge in [-0.25, -0.2) is 0 Å². The molecule has 0 N–H and O–H groups in total. The largest absolute Gasteiger partial charge is 0.372 e. The van der Waals surface area contributed by atoms with Crippen molar-refractivity contribution < 1.29 is 14.3 Å². The Morgan fingerprint density at radius 2 is 1.85 bits per heavy atom. The number of morpholine rings is 1. The van der Waals surface area contributed by atoms with Crippen LogP contribution in [-0.2, 0) is 20.7 Å². The number of benzene rings is 1. The summed E-state index contributed by atoms with van der Waals surface area (Å²) in [7, 11) is 1.65. The third-order valence-corrected chi connectivity index (χ3v) is 6.02. The van der Waals surface area contributed by atoms with Gasteiger partial charge in [-0.05, 0) is 19.4 Å². The van der Waals surface area contributed by atoms with Gasteiger partial charge in [0.15, 0.2) is 0 Å². The second-order valence-electron chi connectivity index (χ2n) is 6.67. The Bertz CT molecular complexity index is 753. The van der Waals surface area contributed by atoms with Crippen molar-refractivity contribution in [3.63, 3.8) is 0 Å². The van der Waals surface area contributed by atoms with Crippen LogP contribution >= 0.6 is 24.0 Å². The number of thioether (sulfide) groups is 1. The summed E-state index contributed by atoms with van der Waals surface area (Å²) in [6.45, 7) is 4.96. The zero-order chi connectivity index (χ0) is 18.8. The fourth-order valence-electron chi connectivity index (χ4n) is 3.21. The number of thiocarbonyl (C=S) groups is 1. The molecule has 2 saturated heterocycles. The first-order valence-corrected chi connectivity index (χ1v) is 9.81. The summed E-state index contributed by atoms with van der Waals surface area (Å²) in [6.07, 6.45) is 0.354.